The van der Waals surface area contributed by atoms with E-state index in [1.54, 1.807) is 32.4 Å². The summed E-state index contributed by atoms with van der Waals surface area (Å²) in [5, 5.41) is 2.83. The molecule has 120 valence electrons. The number of halogens is 1. The zero-order chi connectivity index (χ0) is 16.8. The van der Waals surface area contributed by atoms with Crippen LogP contribution in [-0.2, 0) is 4.79 Å². The second kappa shape index (κ2) is 7.83. The highest BCUT2D eigenvalue weighted by Crippen LogP contribution is 2.26. The maximum Gasteiger partial charge on any atom is 0.248 e. The van der Waals surface area contributed by atoms with E-state index < -0.39 is 0 Å². The summed E-state index contributed by atoms with van der Waals surface area (Å²) in [4.78, 5) is 12.1. The lowest BCUT2D eigenvalue weighted by atomic mass is 10.1. The van der Waals surface area contributed by atoms with E-state index in [0.29, 0.717) is 11.5 Å². The average molecular weight is 376 g/mol. The lowest BCUT2D eigenvalue weighted by molar-refractivity contribution is -0.111. The van der Waals surface area contributed by atoms with Gasteiger partial charge in [-0.25, -0.2) is 0 Å². The van der Waals surface area contributed by atoms with Gasteiger partial charge >= 0.3 is 0 Å². The minimum absolute atomic E-state index is 0.223. The minimum atomic E-state index is -0.223. The molecule has 2 aromatic rings. The second-order valence-corrected chi connectivity index (χ2v) is 5.77. The molecule has 0 fully saturated rings. The number of hydrogen-bond acceptors (Lipinski definition) is 3. The van der Waals surface area contributed by atoms with Gasteiger partial charge in [0.15, 0.2) is 0 Å². The Morgan fingerprint density at radius 2 is 1.91 bits per heavy atom. The predicted octanol–water partition coefficient (Wildman–Crippen LogP) is 4.43. The molecular weight excluding hydrogens is 358 g/mol. The fraction of sp³-hybridized carbons (Fsp3) is 0.167. The molecule has 4 nitrogen and oxygen atoms in total. The molecule has 0 radical (unpaired) electrons. The number of amides is 1. The van der Waals surface area contributed by atoms with E-state index in [0.717, 1.165) is 21.3 Å². The predicted molar refractivity (Wildman–Crippen MR) is 96.1 cm³/mol. The lowest BCUT2D eigenvalue weighted by Gasteiger charge is -2.08. The number of methoxy groups -OCH3 is 2. The molecule has 0 aliphatic carbocycles. The average Bonchev–Trinajstić information content (AvgIpc) is 2.55. The molecule has 0 heterocycles. The third-order valence-corrected chi connectivity index (χ3v) is 3.89. The Hall–Kier alpha value is -2.27. The van der Waals surface area contributed by atoms with Gasteiger partial charge in [0.25, 0.3) is 0 Å². The van der Waals surface area contributed by atoms with Crippen molar-refractivity contribution in [2.75, 3.05) is 19.5 Å². The highest BCUT2D eigenvalue weighted by Gasteiger charge is 2.05. The highest BCUT2D eigenvalue weighted by molar-refractivity contribution is 9.10. The quantitative estimate of drug-likeness (QED) is 0.786. The summed E-state index contributed by atoms with van der Waals surface area (Å²) in [6.07, 6.45) is 3.16. The molecule has 0 aliphatic heterocycles. The second-order valence-electron chi connectivity index (χ2n) is 4.91. The van der Waals surface area contributed by atoms with Gasteiger partial charge < -0.3 is 14.8 Å². The molecule has 2 rings (SSSR count). The Balaban J connectivity index is 2.14. The van der Waals surface area contributed by atoms with Crippen molar-refractivity contribution >= 4 is 33.6 Å². The maximum absolute atomic E-state index is 12.1. The zero-order valence-corrected chi connectivity index (χ0v) is 14.8. The van der Waals surface area contributed by atoms with Gasteiger partial charge in [-0.3, -0.25) is 4.79 Å². The van der Waals surface area contributed by atoms with Crippen molar-refractivity contribution in [1.29, 1.82) is 0 Å². The molecule has 0 atom stereocenters. The van der Waals surface area contributed by atoms with Crippen molar-refractivity contribution < 1.29 is 14.3 Å². The van der Waals surface area contributed by atoms with Crippen LogP contribution in [0.3, 0.4) is 0 Å². The van der Waals surface area contributed by atoms with E-state index in [9.17, 15) is 4.79 Å². The van der Waals surface area contributed by atoms with Gasteiger partial charge in [0.05, 0.1) is 19.9 Å². The van der Waals surface area contributed by atoms with Crippen LogP contribution in [0.15, 0.2) is 46.9 Å². The molecule has 0 spiro atoms. The summed E-state index contributed by atoms with van der Waals surface area (Å²) < 4.78 is 11.3. The number of anilines is 1. The lowest BCUT2D eigenvalue weighted by Crippen LogP contribution is -2.08. The number of ether oxygens (including phenoxy) is 2. The Morgan fingerprint density at radius 3 is 2.57 bits per heavy atom. The smallest absolute Gasteiger partial charge is 0.248 e. The van der Waals surface area contributed by atoms with Crippen LogP contribution < -0.4 is 14.8 Å². The number of hydrogen-bond donors (Lipinski definition) is 1. The molecular formula is C18H18BrNO3. The van der Waals surface area contributed by atoms with Crippen LogP contribution >= 0.6 is 15.9 Å². The van der Waals surface area contributed by atoms with Crippen molar-refractivity contribution in [1.82, 2.24) is 0 Å². The normalized spacial score (nSPS) is 10.6. The van der Waals surface area contributed by atoms with Crippen LogP contribution in [0, 0.1) is 6.92 Å². The van der Waals surface area contributed by atoms with Crippen molar-refractivity contribution in [2.24, 2.45) is 0 Å². The van der Waals surface area contributed by atoms with Crippen LogP contribution in [0.1, 0.15) is 11.1 Å². The molecule has 0 aromatic heterocycles. The number of benzene rings is 2. The Bertz CT molecular complexity index is 741. The molecule has 5 heteroatoms. The van der Waals surface area contributed by atoms with E-state index in [1.165, 1.54) is 6.08 Å². The maximum atomic E-state index is 12.1. The van der Waals surface area contributed by atoms with Gasteiger partial charge in [-0.05, 0) is 64.8 Å². The van der Waals surface area contributed by atoms with Crippen LogP contribution in [0.25, 0.3) is 6.08 Å². The highest BCUT2D eigenvalue weighted by atomic mass is 79.9. The molecule has 0 bridgehead atoms. The van der Waals surface area contributed by atoms with E-state index >= 15 is 0 Å². The molecule has 1 N–H and O–H groups in total. The summed E-state index contributed by atoms with van der Waals surface area (Å²) in [5.41, 5.74) is 2.61. The third-order valence-electron chi connectivity index (χ3n) is 3.23. The fourth-order valence-electron chi connectivity index (χ4n) is 2.03. The zero-order valence-electron chi connectivity index (χ0n) is 13.2. The number of nitrogens with one attached hydrogen (secondary N) is 1. The van der Waals surface area contributed by atoms with Crippen LogP contribution in [-0.4, -0.2) is 20.1 Å². The summed E-state index contributed by atoms with van der Waals surface area (Å²) in [7, 11) is 3.18. The van der Waals surface area contributed by atoms with Crippen molar-refractivity contribution in [3.8, 4) is 11.5 Å². The van der Waals surface area contributed by atoms with E-state index in [1.807, 2.05) is 31.2 Å². The van der Waals surface area contributed by atoms with Gasteiger partial charge in [-0.1, -0.05) is 6.07 Å². The number of rotatable bonds is 5. The van der Waals surface area contributed by atoms with Crippen LogP contribution in [0.5, 0.6) is 11.5 Å². The Kier molecular flexibility index (Phi) is 5.82. The molecule has 0 aliphatic rings. The first kappa shape index (κ1) is 17.1. The van der Waals surface area contributed by atoms with E-state index in [4.69, 9.17) is 9.47 Å². The standard InChI is InChI=1S/C18H18BrNO3/c1-12-4-7-16(15(19)10-12)20-18(21)9-5-13-11-14(22-2)6-8-17(13)23-3/h4-11H,1-3H3,(H,20,21)/b9-5+. The van der Waals surface area contributed by atoms with Gasteiger partial charge in [0.1, 0.15) is 11.5 Å². The summed E-state index contributed by atoms with van der Waals surface area (Å²) >= 11 is 3.44. The van der Waals surface area contributed by atoms with Gasteiger partial charge in [0, 0.05) is 16.1 Å². The summed E-state index contributed by atoms with van der Waals surface area (Å²) in [5.74, 6) is 1.15. The van der Waals surface area contributed by atoms with Gasteiger partial charge in [-0.15, -0.1) is 0 Å². The first-order valence-corrected chi connectivity index (χ1v) is 7.80. The largest absolute Gasteiger partial charge is 0.497 e. The van der Waals surface area contributed by atoms with Gasteiger partial charge in [0.2, 0.25) is 5.91 Å². The fourth-order valence-corrected chi connectivity index (χ4v) is 2.62. The Labute approximate surface area is 144 Å². The molecule has 0 unspecified atom stereocenters. The summed E-state index contributed by atoms with van der Waals surface area (Å²) in [6, 6.07) is 11.2. The third kappa shape index (κ3) is 4.60. The van der Waals surface area contributed by atoms with Crippen LogP contribution in [0.2, 0.25) is 0 Å². The first-order chi connectivity index (χ1) is 11.0. The molecule has 23 heavy (non-hydrogen) atoms. The number of carbonyl (C=O) groups excluding carboxylic acids is 1. The monoisotopic (exact) mass is 375 g/mol. The van der Waals surface area contributed by atoms with Crippen molar-refractivity contribution in [2.45, 2.75) is 6.92 Å². The SMILES string of the molecule is COc1ccc(OC)c(/C=C/C(=O)Nc2ccc(C)cc2Br)c1. The molecule has 1 amide bonds. The van der Waals surface area contributed by atoms with Crippen LogP contribution in [0.4, 0.5) is 5.69 Å². The van der Waals surface area contributed by atoms with Gasteiger partial charge in [-0.2, -0.15) is 0 Å². The Morgan fingerprint density at radius 1 is 1.13 bits per heavy atom. The summed E-state index contributed by atoms with van der Waals surface area (Å²) in [6.45, 7) is 1.99. The topological polar surface area (TPSA) is 47.6 Å². The van der Waals surface area contributed by atoms with E-state index in [2.05, 4.69) is 21.2 Å². The van der Waals surface area contributed by atoms with Crippen molar-refractivity contribution in [3.05, 3.63) is 58.1 Å². The van der Waals surface area contributed by atoms with Crippen molar-refractivity contribution in [3.63, 3.8) is 0 Å². The minimum Gasteiger partial charge on any atom is -0.497 e. The molecule has 0 saturated heterocycles. The van der Waals surface area contributed by atoms with E-state index in [-0.39, 0.29) is 5.91 Å². The number of carbonyl (C=O) groups is 1. The molecule has 2 aromatic carbocycles. The molecule has 0 saturated carbocycles. The number of aryl methyl sites for hydroxylation is 1. The first-order valence-electron chi connectivity index (χ1n) is 7.00.